The summed E-state index contributed by atoms with van der Waals surface area (Å²) in [6.45, 7) is 0.429. The number of carbonyl (C=O) groups excluding carboxylic acids is 2. The quantitative estimate of drug-likeness (QED) is 0.504. The number of carbonyl (C=O) groups is 2. The third kappa shape index (κ3) is 3.79. The molecule has 1 aliphatic rings. The molecule has 1 aliphatic heterocycles. The fourth-order valence-electron chi connectivity index (χ4n) is 3.61. The van der Waals surface area contributed by atoms with Crippen LogP contribution in [0, 0.1) is 0 Å². The van der Waals surface area contributed by atoms with Gasteiger partial charge in [-0.2, -0.15) is 0 Å². The number of hydrogen-bond donors (Lipinski definition) is 2. The van der Waals surface area contributed by atoms with Crippen LogP contribution in [0.25, 0.3) is 0 Å². The Morgan fingerprint density at radius 3 is 2.44 bits per heavy atom. The van der Waals surface area contributed by atoms with Gasteiger partial charge in [-0.05, 0) is 48.0 Å². The van der Waals surface area contributed by atoms with Crippen molar-refractivity contribution in [1.29, 1.82) is 0 Å². The Balaban J connectivity index is 1.41. The van der Waals surface area contributed by atoms with Gasteiger partial charge in [0.1, 0.15) is 5.82 Å². The van der Waals surface area contributed by atoms with Gasteiger partial charge < -0.3 is 15.5 Å². The molecule has 0 saturated carbocycles. The second-order valence-corrected chi connectivity index (χ2v) is 7.32. The summed E-state index contributed by atoms with van der Waals surface area (Å²) < 4.78 is 0. The van der Waals surface area contributed by atoms with Crippen molar-refractivity contribution in [2.75, 3.05) is 15.5 Å². The van der Waals surface area contributed by atoms with E-state index in [9.17, 15) is 9.59 Å². The van der Waals surface area contributed by atoms with Crippen molar-refractivity contribution in [3.8, 4) is 0 Å². The third-order valence-corrected chi connectivity index (χ3v) is 5.23. The predicted octanol–water partition coefficient (Wildman–Crippen LogP) is 4.63. The number of fused-ring (bicyclic) bond motifs is 2. The van der Waals surface area contributed by atoms with E-state index in [4.69, 9.17) is 0 Å². The zero-order valence-corrected chi connectivity index (χ0v) is 17.0. The van der Waals surface area contributed by atoms with E-state index in [0.717, 1.165) is 22.6 Å². The maximum absolute atomic E-state index is 13.4. The van der Waals surface area contributed by atoms with Gasteiger partial charge in [0.15, 0.2) is 0 Å². The van der Waals surface area contributed by atoms with E-state index >= 15 is 0 Å². The molecule has 156 valence electrons. The van der Waals surface area contributed by atoms with Gasteiger partial charge in [0.2, 0.25) is 0 Å². The van der Waals surface area contributed by atoms with Crippen LogP contribution in [0.5, 0.6) is 0 Å². The van der Waals surface area contributed by atoms with Crippen molar-refractivity contribution in [1.82, 2.24) is 9.97 Å². The predicted molar refractivity (Wildman–Crippen MR) is 123 cm³/mol. The van der Waals surface area contributed by atoms with E-state index in [1.54, 1.807) is 35.4 Å². The van der Waals surface area contributed by atoms with Gasteiger partial charge in [-0.1, -0.05) is 30.3 Å². The smallest absolute Gasteiger partial charge is 0.260 e. The molecule has 2 aromatic heterocycles. The third-order valence-electron chi connectivity index (χ3n) is 5.23. The summed E-state index contributed by atoms with van der Waals surface area (Å²) in [5.41, 5.74) is 4.51. The van der Waals surface area contributed by atoms with Gasteiger partial charge in [0.05, 0.1) is 29.0 Å². The Morgan fingerprint density at radius 2 is 1.66 bits per heavy atom. The highest BCUT2D eigenvalue weighted by molar-refractivity contribution is 6.08. The molecule has 3 heterocycles. The zero-order chi connectivity index (χ0) is 21.9. The SMILES string of the molecule is O=C(Nc1ccc(C(=O)N2Cc3ccccc3Nc3ccccc32)cn1)c1cccnc1. The van der Waals surface area contributed by atoms with Gasteiger partial charge in [-0.15, -0.1) is 0 Å². The van der Waals surface area contributed by atoms with Crippen molar-refractivity contribution >= 4 is 34.7 Å². The minimum absolute atomic E-state index is 0.173. The van der Waals surface area contributed by atoms with Gasteiger partial charge in [0.25, 0.3) is 11.8 Å². The van der Waals surface area contributed by atoms with Crippen molar-refractivity contribution in [3.63, 3.8) is 0 Å². The first kappa shape index (κ1) is 19.4. The molecule has 5 rings (SSSR count). The number of benzene rings is 2. The number of para-hydroxylation sites is 3. The lowest BCUT2D eigenvalue weighted by Crippen LogP contribution is -2.30. The number of rotatable bonds is 3. The standard InChI is InChI=1S/C25H19N5O2/c31-24(17-7-5-13-26-14-17)29-23-12-11-18(15-27-23)25(32)30-16-19-6-1-2-8-20(19)28-21-9-3-4-10-22(21)30/h1-15,28H,16H2,(H,27,29,31). The number of aromatic nitrogens is 2. The van der Waals surface area contributed by atoms with Gasteiger partial charge >= 0.3 is 0 Å². The molecule has 32 heavy (non-hydrogen) atoms. The lowest BCUT2D eigenvalue weighted by molar-refractivity contribution is 0.0984. The fourth-order valence-corrected chi connectivity index (χ4v) is 3.61. The molecule has 2 amide bonds. The molecule has 0 unspecified atom stereocenters. The van der Waals surface area contributed by atoms with Crippen molar-refractivity contribution in [3.05, 3.63) is 108 Å². The first-order valence-electron chi connectivity index (χ1n) is 10.1. The summed E-state index contributed by atoms with van der Waals surface area (Å²) in [4.78, 5) is 35.7. The molecule has 0 aliphatic carbocycles. The van der Waals surface area contributed by atoms with E-state index in [2.05, 4.69) is 20.6 Å². The van der Waals surface area contributed by atoms with Crippen molar-refractivity contribution < 1.29 is 9.59 Å². The van der Waals surface area contributed by atoms with Crippen molar-refractivity contribution in [2.24, 2.45) is 0 Å². The molecule has 0 saturated heterocycles. The largest absolute Gasteiger partial charge is 0.354 e. The summed E-state index contributed by atoms with van der Waals surface area (Å²) in [6, 6.07) is 22.3. The van der Waals surface area contributed by atoms with Gasteiger partial charge in [-0.25, -0.2) is 4.98 Å². The van der Waals surface area contributed by atoms with Crippen LogP contribution in [-0.2, 0) is 6.54 Å². The topological polar surface area (TPSA) is 87.2 Å². The summed E-state index contributed by atoms with van der Waals surface area (Å²) in [6.07, 6.45) is 4.56. The summed E-state index contributed by atoms with van der Waals surface area (Å²) in [7, 11) is 0. The minimum atomic E-state index is -0.311. The number of anilines is 4. The molecule has 0 radical (unpaired) electrons. The Hall–Kier alpha value is -4.52. The van der Waals surface area contributed by atoms with Gasteiger partial charge in [-0.3, -0.25) is 14.6 Å². The van der Waals surface area contributed by atoms with Crippen LogP contribution in [0.2, 0.25) is 0 Å². The molecule has 0 spiro atoms. The van der Waals surface area contributed by atoms with Crippen LogP contribution in [-0.4, -0.2) is 21.8 Å². The summed E-state index contributed by atoms with van der Waals surface area (Å²) >= 11 is 0. The van der Waals surface area contributed by atoms with Crippen molar-refractivity contribution in [2.45, 2.75) is 6.54 Å². The second kappa shape index (κ2) is 8.31. The number of amides is 2. The van der Waals surface area contributed by atoms with E-state index in [-0.39, 0.29) is 11.8 Å². The molecule has 7 heteroatoms. The van der Waals surface area contributed by atoms with Crippen LogP contribution >= 0.6 is 0 Å². The molecule has 0 atom stereocenters. The average molecular weight is 421 g/mol. The number of hydrogen-bond acceptors (Lipinski definition) is 5. The molecule has 0 fully saturated rings. The summed E-state index contributed by atoms with van der Waals surface area (Å²) in [5.74, 6) is -0.124. The lowest BCUT2D eigenvalue weighted by atomic mass is 10.1. The van der Waals surface area contributed by atoms with E-state index in [1.807, 2.05) is 48.5 Å². The Morgan fingerprint density at radius 1 is 0.844 bits per heavy atom. The van der Waals surface area contributed by atoms with Crippen LogP contribution in [0.1, 0.15) is 26.3 Å². The first-order valence-corrected chi connectivity index (χ1v) is 10.1. The number of nitrogens with one attached hydrogen (secondary N) is 2. The maximum Gasteiger partial charge on any atom is 0.260 e. The fraction of sp³-hybridized carbons (Fsp3) is 0.0400. The second-order valence-electron chi connectivity index (χ2n) is 7.32. The van der Waals surface area contributed by atoms with E-state index in [1.165, 1.54) is 12.4 Å². The van der Waals surface area contributed by atoms with E-state index < -0.39 is 0 Å². The molecule has 4 aromatic rings. The zero-order valence-electron chi connectivity index (χ0n) is 17.0. The minimum Gasteiger partial charge on any atom is -0.354 e. The van der Waals surface area contributed by atoms with Crippen LogP contribution < -0.4 is 15.5 Å². The molecule has 7 nitrogen and oxygen atoms in total. The first-order chi connectivity index (χ1) is 15.7. The number of nitrogens with zero attached hydrogens (tertiary/aromatic N) is 3. The highest BCUT2D eigenvalue weighted by atomic mass is 16.2. The van der Waals surface area contributed by atoms with Gasteiger partial charge in [0, 0.05) is 24.3 Å². The summed E-state index contributed by atoms with van der Waals surface area (Å²) in [5, 5.41) is 6.14. The molecule has 2 aromatic carbocycles. The molecular formula is C25H19N5O2. The molecular weight excluding hydrogens is 402 g/mol. The average Bonchev–Trinajstić information content (AvgIpc) is 3.01. The Labute approximate surface area is 184 Å². The molecule has 2 N–H and O–H groups in total. The van der Waals surface area contributed by atoms with E-state index in [0.29, 0.717) is 23.5 Å². The number of pyridine rings is 2. The van der Waals surface area contributed by atoms with Crippen LogP contribution in [0.3, 0.4) is 0 Å². The van der Waals surface area contributed by atoms with Crippen LogP contribution in [0.15, 0.2) is 91.4 Å². The Kier molecular flexibility index (Phi) is 5.05. The monoisotopic (exact) mass is 421 g/mol. The van der Waals surface area contributed by atoms with Crippen LogP contribution in [0.4, 0.5) is 22.9 Å². The Bertz CT molecular complexity index is 1290. The normalized spacial score (nSPS) is 12.1. The lowest BCUT2D eigenvalue weighted by Gasteiger charge is -2.22. The maximum atomic E-state index is 13.4. The molecule has 0 bridgehead atoms. The highest BCUT2D eigenvalue weighted by Gasteiger charge is 2.25. The highest BCUT2D eigenvalue weighted by Crippen LogP contribution is 2.36.